The van der Waals surface area contributed by atoms with Crippen LogP contribution in [0.3, 0.4) is 0 Å². The zero-order chi connectivity index (χ0) is 19.7. The van der Waals surface area contributed by atoms with Crippen molar-refractivity contribution < 1.29 is 19.0 Å². The fourth-order valence-electron chi connectivity index (χ4n) is 2.91. The van der Waals surface area contributed by atoms with E-state index >= 15 is 0 Å². The summed E-state index contributed by atoms with van der Waals surface area (Å²) < 4.78 is 16.6. The number of carbonyl (C=O) groups is 1. The molecule has 0 spiro atoms. The molecule has 0 aromatic heterocycles. The zero-order valence-corrected chi connectivity index (χ0v) is 16.8. The third-order valence-corrected chi connectivity index (χ3v) is 6.31. The van der Waals surface area contributed by atoms with Crippen molar-refractivity contribution in [2.75, 3.05) is 0 Å². The van der Waals surface area contributed by atoms with Crippen molar-refractivity contribution in [1.29, 1.82) is 0 Å². The molecule has 4 nitrogen and oxygen atoms in total. The van der Waals surface area contributed by atoms with Crippen LogP contribution in [0.2, 0.25) is 0 Å². The molecule has 0 fully saturated rings. The van der Waals surface area contributed by atoms with Crippen LogP contribution < -0.4 is 9.47 Å². The summed E-state index contributed by atoms with van der Waals surface area (Å²) in [5, 5.41) is 0. The first kappa shape index (κ1) is 18.4. The second kappa shape index (κ2) is 7.24. The van der Waals surface area contributed by atoms with E-state index in [9.17, 15) is 4.79 Å². The molecular weight excluding hydrogens is 372 g/mol. The number of hydrogen-bond acceptors (Lipinski definition) is 4. The predicted octanol–water partition coefficient (Wildman–Crippen LogP) is 6.20. The number of rotatable bonds is 2. The van der Waals surface area contributed by atoms with Crippen molar-refractivity contribution in [3.63, 3.8) is 0 Å². The quantitative estimate of drug-likeness (QED) is 0.231. The third kappa shape index (κ3) is 3.85. The topological polar surface area (TPSA) is 44.8 Å². The molecule has 1 aliphatic rings. The highest BCUT2D eigenvalue weighted by Gasteiger charge is 2.38. The van der Waals surface area contributed by atoms with Crippen molar-refractivity contribution in [1.82, 2.24) is 0 Å². The third-order valence-electron chi connectivity index (χ3n) is 4.01. The number of para-hydroxylation sites is 2. The minimum absolute atomic E-state index is 0.291. The van der Waals surface area contributed by atoms with Crippen LogP contribution in [0.15, 0.2) is 87.5 Å². The fourth-order valence-corrected chi connectivity index (χ4v) is 5.11. The first-order chi connectivity index (χ1) is 13.4. The Balaban J connectivity index is 1.64. The van der Waals surface area contributed by atoms with Gasteiger partial charge in [-0.25, -0.2) is 4.79 Å². The predicted molar refractivity (Wildman–Crippen MR) is 108 cm³/mol. The Morgan fingerprint density at radius 2 is 1.36 bits per heavy atom. The molecule has 0 atom stereocenters. The minimum atomic E-state index is -0.704. The number of fused-ring (bicyclic) bond motifs is 2. The Labute approximate surface area is 167 Å². The van der Waals surface area contributed by atoms with E-state index in [0.29, 0.717) is 5.75 Å². The molecule has 1 aliphatic heterocycles. The summed E-state index contributed by atoms with van der Waals surface area (Å²) in [4.78, 5) is 15.3. The van der Waals surface area contributed by atoms with E-state index in [-0.39, 0.29) is 10.9 Å². The molecular formula is C23H21O4S+. The van der Waals surface area contributed by atoms with Gasteiger partial charge in [-0.3, -0.25) is 0 Å². The molecule has 0 aliphatic carbocycles. The lowest BCUT2D eigenvalue weighted by molar-refractivity contribution is 0.0206. The monoisotopic (exact) mass is 393 g/mol. The summed E-state index contributed by atoms with van der Waals surface area (Å²) in [6.45, 7) is 5.41. The standard InChI is InChI=1S/C23H21O4S/c1-23(2,3)27-22(24)25-16-12-14-17(15-13-16)28-20-10-6-4-8-18(20)26-19-9-5-7-11-21(19)28/h4-15H,1-3H3/q+1. The SMILES string of the molecule is CC(C)(C)OC(=O)Oc1ccc([S+]2c3ccccc3Oc3ccccc32)cc1. The molecule has 28 heavy (non-hydrogen) atoms. The van der Waals surface area contributed by atoms with Gasteiger partial charge in [-0.1, -0.05) is 24.3 Å². The van der Waals surface area contributed by atoms with Crippen LogP contribution in [0.25, 0.3) is 0 Å². The maximum Gasteiger partial charge on any atom is 0.514 e. The minimum Gasteiger partial charge on any atom is -0.447 e. The average Bonchev–Trinajstić information content (AvgIpc) is 2.65. The van der Waals surface area contributed by atoms with E-state index in [0.717, 1.165) is 26.2 Å². The van der Waals surface area contributed by atoms with E-state index in [1.807, 2.05) is 48.5 Å². The molecule has 4 rings (SSSR count). The van der Waals surface area contributed by atoms with Crippen molar-refractivity contribution in [2.45, 2.75) is 41.1 Å². The van der Waals surface area contributed by atoms with Crippen LogP contribution in [0.5, 0.6) is 17.2 Å². The fraction of sp³-hybridized carbons (Fsp3) is 0.174. The lowest BCUT2D eigenvalue weighted by atomic mass is 10.2. The maximum absolute atomic E-state index is 11.9. The van der Waals surface area contributed by atoms with E-state index in [1.54, 1.807) is 32.9 Å². The molecule has 0 amide bonds. The van der Waals surface area contributed by atoms with Crippen molar-refractivity contribution in [3.05, 3.63) is 72.8 Å². The highest BCUT2D eigenvalue weighted by atomic mass is 32.2. The van der Waals surface area contributed by atoms with Crippen LogP contribution in [0, 0.1) is 0 Å². The van der Waals surface area contributed by atoms with Crippen molar-refractivity contribution >= 4 is 17.1 Å². The molecule has 0 bridgehead atoms. The Bertz CT molecular complexity index is 960. The van der Waals surface area contributed by atoms with E-state index in [4.69, 9.17) is 14.2 Å². The number of ether oxygens (including phenoxy) is 3. The molecule has 0 unspecified atom stereocenters. The Hall–Kier alpha value is -2.92. The van der Waals surface area contributed by atoms with Crippen LogP contribution in [0.4, 0.5) is 4.79 Å². The molecule has 1 heterocycles. The lowest BCUT2D eigenvalue weighted by Gasteiger charge is -2.20. The smallest absolute Gasteiger partial charge is 0.447 e. The van der Waals surface area contributed by atoms with Gasteiger partial charge in [0.05, 0.1) is 0 Å². The van der Waals surface area contributed by atoms with Gasteiger partial charge in [-0.2, -0.15) is 0 Å². The maximum atomic E-state index is 11.9. The number of hydrogen-bond donors (Lipinski definition) is 0. The van der Waals surface area contributed by atoms with E-state index < -0.39 is 11.8 Å². The van der Waals surface area contributed by atoms with Crippen LogP contribution in [-0.2, 0) is 15.6 Å². The van der Waals surface area contributed by atoms with Gasteiger partial charge in [0.25, 0.3) is 0 Å². The second-order valence-electron chi connectivity index (χ2n) is 7.34. The first-order valence-electron chi connectivity index (χ1n) is 9.02. The largest absolute Gasteiger partial charge is 0.514 e. The van der Waals surface area contributed by atoms with Crippen LogP contribution in [-0.4, -0.2) is 11.8 Å². The normalized spacial score (nSPS) is 13.1. The molecule has 0 saturated carbocycles. The number of benzene rings is 3. The average molecular weight is 393 g/mol. The van der Waals surface area contributed by atoms with Gasteiger partial charge in [0.1, 0.15) is 22.2 Å². The zero-order valence-electron chi connectivity index (χ0n) is 16.0. The van der Waals surface area contributed by atoms with Crippen molar-refractivity contribution in [2.24, 2.45) is 0 Å². The molecule has 142 valence electrons. The highest BCUT2D eigenvalue weighted by Crippen LogP contribution is 2.46. The molecule has 0 radical (unpaired) electrons. The summed E-state index contributed by atoms with van der Waals surface area (Å²) in [7, 11) is -0.291. The lowest BCUT2D eigenvalue weighted by Crippen LogP contribution is -2.25. The van der Waals surface area contributed by atoms with Gasteiger partial charge in [0.2, 0.25) is 9.79 Å². The van der Waals surface area contributed by atoms with Crippen molar-refractivity contribution in [3.8, 4) is 17.2 Å². The van der Waals surface area contributed by atoms with Gasteiger partial charge >= 0.3 is 6.16 Å². The Kier molecular flexibility index (Phi) is 4.77. The van der Waals surface area contributed by atoms with Crippen LogP contribution >= 0.6 is 0 Å². The molecule has 0 saturated heterocycles. The Morgan fingerprint density at radius 3 is 1.89 bits per heavy atom. The summed E-state index contributed by atoms with van der Waals surface area (Å²) >= 11 is 0. The molecule has 3 aromatic rings. The van der Waals surface area contributed by atoms with E-state index in [1.165, 1.54) is 0 Å². The second-order valence-corrected chi connectivity index (χ2v) is 9.30. The highest BCUT2D eigenvalue weighted by molar-refractivity contribution is 7.97. The van der Waals surface area contributed by atoms with E-state index in [2.05, 4.69) is 12.1 Å². The summed E-state index contributed by atoms with van der Waals surface area (Å²) in [5.74, 6) is 2.20. The van der Waals surface area contributed by atoms with Gasteiger partial charge < -0.3 is 14.2 Å². The molecule has 3 aromatic carbocycles. The van der Waals surface area contributed by atoms with Gasteiger partial charge in [0.15, 0.2) is 16.4 Å². The van der Waals surface area contributed by atoms with Gasteiger partial charge in [-0.05, 0) is 69.3 Å². The first-order valence-corrected chi connectivity index (χ1v) is 10.2. The molecule has 5 heteroatoms. The summed E-state index contributed by atoms with van der Waals surface area (Å²) in [6.07, 6.45) is -0.704. The summed E-state index contributed by atoms with van der Waals surface area (Å²) in [6, 6.07) is 23.8. The van der Waals surface area contributed by atoms with Gasteiger partial charge in [-0.15, -0.1) is 0 Å². The molecule has 0 N–H and O–H groups in total. The Morgan fingerprint density at radius 1 is 0.821 bits per heavy atom. The number of carbonyl (C=O) groups excluding carboxylic acids is 1. The van der Waals surface area contributed by atoms with Gasteiger partial charge in [0, 0.05) is 0 Å². The van der Waals surface area contributed by atoms with Crippen LogP contribution in [0.1, 0.15) is 20.8 Å². The summed E-state index contributed by atoms with van der Waals surface area (Å²) in [5.41, 5.74) is -0.589.